The van der Waals surface area contributed by atoms with E-state index >= 15 is 0 Å². The Kier molecular flexibility index (Phi) is 3.46. The van der Waals surface area contributed by atoms with E-state index < -0.39 is 0 Å². The fourth-order valence-corrected chi connectivity index (χ4v) is 2.63. The maximum atomic E-state index is 11.9. The first kappa shape index (κ1) is 11.9. The van der Waals surface area contributed by atoms with Crippen LogP contribution in [0.2, 0.25) is 0 Å². The zero-order valence-corrected chi connectivity index (χ0v) is 10.8. The van der Waals surface area contributed by atoms with E-state index in [1.165, 1.54) is 16.8 Å². The van der Waals surface area contributed by atoms with Gasteiger partial charge in [-0.2, -0.15) is 0 Å². The van der Waals surface area contributed by atoms with Crippen molar-refractivity contribution >= 4 is 17.7 Å². The Morgan fingerprint density at radius 2 is 2.33 bits per heavy atom. The first-order valence-electron chi connectivity index (χ1n) is 6.18. The molecule has 0 radical (unpaired) electrons. The smallest absolute Gasteiger partial charge is 0.256 e. The fraction of sp³-hybridized carbons (Fsp3) is 0.800. The van der Waals surface area contributed by atoms with Gasteiger partial charge in [0.05, 0.1) is 18.4 Å². The highest BCUT2D eigenvalue weighted by Crippen LogP contribution is 2.36. The number of nitrogens with zero attached hydrogens (tertiary/aromatic N) is 5. The lowest BCUT2D eigenvalue weighted by Crippen LogP contribution is -2.36. The van der Waals surface area contributed by atoms with Crippen molar-refractivity contribution in [3.05, 3.63) is 0 Å². The molecule has 0 aromatic carbocycles. The number of thioether (sulfide) groups is 1. The van der Waals surface area contributed by atoms with Gasteiger partial charge >= 0.3 is 0 Å². The molecular weight excluding hydrogens is 254 g/mol. The Morgan fingerprint density at radius 1 is 1.44 bits per heavy atom. The summed E-state index contributed by atoms with van der Waals surface area (Å²) >= 11 is 1.38. The van der Waals surface area contributed by atoms with Crippen LogP contribution in [0.15, 0.2) is 5.16 Å². The fourth-order valence-electron chi connectivity index (χ4n) is 1.82. The second-order valence-corrected chi connectivity index (χ2v) is 5.40. The molecule has 1 aromatic rings. The summed E-state index contributed by atoms with van der Waals surface area (Å²) in [6.07, 6.45) is 4.29. The van der Waals surface area contributed by atoms with E-state index in [0.717, 1.165) is 30.8 Å². The molecule has 0 N–H and O–H groups in total. The van der Waals surface area contributed by atoms with Crippen molar-refractivity contribution in [3.8, 4) is 0 Å². The minimum Gasteiger partial charge on any atom is -0.272 e. The molecule has 1 aliphatic heterocycles. The average Bonchev–Trinajstić information content (AvgIpc) is 3.16. The SMILES string of the molecule is O=C(CSc1nnnn1C1CC1)N1CCCCO1. The zero-order valence-electron chi connectivity index (χ0n) is 9.99. The average molecular weight is 269 g/mol. The molecule has 18 heavy (non-hydrogen) atoms. The van der Waals surface area contributed by atoms with Gasteiger partial charge in [-0.25, -0.2) is 9.75 Å². The Morgan fingerprint density at radius 3 is 3.06 bits per heavy atom. The lowest BCUT2D eigenvalue weighted by Gasteiger charge is -2.25. The van der Waals surface area contributed by atoms with Gasteiger partial charge in [0.15, 0.2) is 0 Å². The minimum absolute atomic E-state index is 0.00922. The van der Waals surface area contributed by atoms with Crippen LogP contribution >= 0.6 is 11.8 Å². The summed E-state index contributed by atoms with van der Waals surface area (Å²) in [7, 11) is 0. The predicted molar refractivity (Wildman–Crippen MR) is 63.7 cm³/mol. The van der Waals surface area contributed by atoms with Crippen LogP contribution in [0.1, 0.15) is 31.7 Å². The van der Waals surface area contributed by atoms with E-state index in [4.69, 9.17) is 4.84 Å². The van der Waals surface area contributed by atoms with Crippen LogP contribution in [0.5, 0.6) is 0 Å². The Balaban J connectivity index is 1.53. The van der Waals surface area contributed by atoms with Gasteiger partial charge < -0.3 is 0 Å². The molecule has 7 nitrogen and oxygen atoms in total. The van der Waals surface area contributed by atoms with Crippen molar-refractivity contribution in [3.63, 3.8) is 0 Å². The number of aromatic nitrogens is 4. The summed E-state index contributed by atoms with van der Waals surface area (Å²) in [5, 5.41) is 13.7. The van der Waals surface area contributed by atoms with Crippen LogP contribution in [0.25, 0.3) is 0 Å². The summed E-state index contributed by atoms with van der Waals surface area (Å²) < 4.78 is 1.81. The number of carbonyl (C=O) groups is 1. The molecule has 1 aliphatic carbocycles. The minimum atomic E-state index is -0.00922. The number of hydrogen-bond donors (Lipinski definition) is 0. The number of rotatable bonds is 4. The molecule has 0 atom stereocenters. The highest BCUT2D eigenvalue weighted by Gasteiger charge is 2.28. The number of hydrogen-bond acceptors (Lipinski definition) is 6. The summed E-state index contributed by atoms with van der Waals surface area (Å²) in [6.45, 7) is 1.32. The molecule has 2 fully saturated rings. The number of carbonyl (C=O) groups excluding carboxylic acids is 1. The molecule has 1 saturated carbocycles. The van der Waals surface area contributed by atoms with Gasteiger partial charge in [-0.15, -0.1) is 5.10 Å². The first-order chi connectivity index (χ1) is 8.84. The summed E-state index contributed by atoms with van der Waals surface area (Å²) in [6, 6.07) is 0.434. The molecule has 0 unspecified atom stereocenters. The maximum absolute atomic E-state index is 11.9. The predicted octanol–water partition coefficient (Wildman–Crippen LogP) is 0.654. The highest BCUT2D eigenvalue weighted by atomic mass is 32.2. The van der Waals surface area contributed by atoms with Crippen LogP contribution in [0, 0.1) is 0 Å². The highest BCUT2D eigenvalue weighted by molar-refractivity contribution is 7.99. The number of tetrazole rings is 1. The number of amides is 1. The Hall–Kier alpha value is -1.15. The van der Waals surface area contributed by atoms with E-state index in [1.54, 1.807) is 0 Å². The van der Waals surface area contributed by atoms with Gasteiger partial charge in [0, 0.05) is 6.54 Å². The van der Waals surface area contributed by atoms with Crippen molar-refractivity contribution in [1.29, 1.82) is 0 Å². The lowest BCUT2D eigenvalue weighted by atomic mass is 10.3. The topological polar surface area (TPSA) is 73.1 Å². The van der Waals surface area contributed by atoms with Gasteiger partial charge in [-0.3, -0.25) is 9.63 Å². The second-order valence-electron chi connectivity index (χ2n) is 4.46. The monoisotopic (exact) mass is 269 g/mol. The molecule has 1 aromatic heterocycles. The van der Waals surface area contributed by atoms with Crippen molar-refractivity contribution in [2.24, 2.45) is 0 Å². The van der Waals surface area contributed by atoms with Gasteiger partial charge in [-0.1, -0.05) is 11.8 Å². The van der Waals surface area contributed by atoms with E-state index in [-0.39, 0.29) is 5.91 Å². The molecule has 98 valence electrons. The third kappa shape index (κ3) is 2.64. The molecule has 0 bridgehead atoms. The van der Waals surface area contributed by atoms with Gasteiger partial charge in [0.2, 0.25) is 5.16 Å². The zero-order chi connectivity index (χ0) is 12.4. The van der Waals surface area contributed by atoms with Crippen LogP contribution in [0.3, 0.4) is 0 Å². The van der Waals surface area contributed by atoms with Crippen molar-refractivity contribution in [1.82, 2.24) is 25.3 Å². The van der Waals surface area contributed by atoms with E-state index in [2.05, 4.69) is 15.5 Å². The molecule has 2 aliphatic rings. The second kappa shape index (κ2) is 5.23. The first-order valence-corrected chi connectivity index (χ1v) is 7.17. The van der Waals surface area contributed by atoms with Crippen LogP contribution in [-0.4, -0.2) is 50.1 Å². The molecule has 8 heteroatoms. The molecule has 1 amide bonds. The van der Waals surface area contributed by atoms with Crippen LogP contribution in [-0.2, 0) is 9.63 Å². The lowest BCUT2D eigenvalue weighted by molar-refractivity contribution is -0.194. The number of hydroxylamine groups is 2. The van der Waals surface area contributed by atoms with E-state index in [0.29, 0.717) is 24.9 Å². The Labute approximate surface area is 109 Å². The van der Waals surface area contributed by atoms with E-state index in [9.17, 15) is 4.79 Å². The largest absolute Gasteiger partial charge is 0.272 e. The van der Waals surface area contributed by atoms with Gasteiger partial charge in [0.25, 0.3) is 5.91 Å². The van der Waals surface area contributed by atoms with Crippen molar-refractivity contribution < 1.29 is 9.63 Å². The summed E-state index contributed by atoms with van der Waals surface area (Å²) in [5.74, 6) is 0.317. The molecule has 3 rings (SSSR count). The molecule has 1 saturated heterocycles. The van der Waals surface area contributed by atoms with Crippen LogP contribution < -0.4 is 0 Å². The maximum Gasteiger partial charge on any atom is 0.256 e. The third-order valence-corrected chi connectivity index (χ3v) is 3.88. The van der Waals surface area contributed by atoms with Gasteiger partial charge in [-0.05, 0) is 36.1 Å². The standard InChI is InChI=1S/C10H15N5O2S/c16-9(14-5-1-2-6-17-14)7-18-10-11-12-13-15(10)8-3-4-8/h8H,1-7H2. The summed E-state index contributed by atoms with van der Waals surface area (Å²) in [4.78, 5) is 17.2. The summed E-state index contributed by atoms with van der Waals surface area (Å²) in [5.41, 5.74) is 0. The molecule has 0 spiro atoms. The molecule has 2 heterocycles. The van der Waals surface area contributed by atoms with Crippen molar-refractivity contribution in [2.75, 3.05) is 18.9 Å². The van der Waals surface area contributed by atoms with Crippen molar-refractivity contribution in [2.45, 2.75) is 36.9 Å². The van der Waals surface area contributed by atoms with E-state index in [1.807, 2.05) is 4.68 Å². The van der Waals surface area contributed by atoms with Crippen LogP contribution in [0.4, 0.5) is 0 Å². The third-order valence-electron chi connectivity index (χ3n) is 2.96. The normalized spacial score (nSPS) is 20.1. The Bertz CT molecular complexity index is 428. The quantitative estimate of drug-likeness (QED) is 0.747. The molecular formula is C10H15N5O2S. The van der Waals surface area contributed by atoms with Gasteiger partial charge in [0.1, 0.15) is 0 Å².